The molecule has 0 bridgehead atoms. The van der Waals surface area contributed by atoms with Gasteiger partial charge in [-0.25, -0.2) is 9.99 Å². The molecule has 3 rings (SSSR count). The molecular weight excluding hydrogens is 250 g/mol. The Bertz CT molecular complexity index is 496. The standard InChI is InChI=1S/C16H23N3O/c1-3-18-8-5-9-19(18)12-14-10-13(2)16(17-11-14)20-15-6-4-7-15/h5,8,10-11,15H,3-4,6-7,9,12H2,1-2H3. The second-order valence-electron chi connectivity index (χ2n) is 5.62. The van der Waals surface area contributed by atoms with Gasteiger partial charge in [-0.1, -0.05) is 6.08 Å². The lowest BCUT2D eigenvalue weighted by Crippen LogP contribution is -2.34. The molecule has 1 aromatic rings. The van der Waals surface area contributed by atoms with Crippen LogP contribution in [0.25, 0.3) is 0 Å². The Morgan fingerprint density at radius 3 is 2.90 bits per heavy atom. The van der Waals surface area contributed by atoms with Crippen LogP contribution in [0.4, 0.5) is 0 Å². The molecule has 0 N–H and O–H groups in total. The van der Waals surface area contributed by atoms with E-state index in [1.807, 2.05) is 6.20 Å². The van der Waals surface area contributed by atoms with E-state index < -0.39 is 0 Å². The van der Waals surface area contributed by atoms with Gasteiger partial charge in [0.1, 0.15) is 6.10 Å². The molecule has 1 aliphatic carbocycles. The van der Waals surface area contributed by atoms with Crippen LogP contribution in [0.5, 0.6) is 5.88 Å². The molecule has 108 valence electrons. The summed E-state index contributed by atoms with van der Waals surface area (Å²) in [5, 5.41) is 4.57. The number of hydrogen-bond donors (Lipinski definition) is 0. The highest BCUT2D eigenvalue weighted by Gasteiger charge is 2.21. The maximum Gasteiger partial charge on any atom is 0.216 e. The fourth-order valence-corrected chi connectivity index (χ4v) is 2.64. The van der Waals surface area contributed by atoms with Crippen molar-refractivity contribution >= 4 is 0 Å². The fraction of sp³-hybridized carbons (Fsp3) is 0.562. The van der Waals surface area contributed by atoms with Crippen LogP contribution in [0, 0.1) is 6.92 Å². The number of ether oxygens (including phenoxy) is 1. The molecule has 1 saturated carbocycles. The van der Waals surface area contributed by atoms with E-state index in [0.717, 1.165) is 31.1 Å². The number of pyridine rings is 1. The smallest absolute Gasteiger partial charge is 0.216 e. The lowest BCUT2D eigenvalue weighted by molar-refractivity contribution is 0.0485. The van der Waals surface area contributed by atoms with Gasteiger partial charge in [0.15, 0.2) is 0 Å². The Morgan fingerprint density at radius 1 is 1.40 bits per heavy atom. The molecule has 1 aliphatic heterocycles. The molecule has 20 heavy (non-hydrogen) atoms. The highest BCUT2D eigenvalue weighted by molar-refractivity contribution is 5.29. The normalized spacial score (nSPS) is 19.4. The zero-order valence-electron chi connectivity index (χ0n) is 12.4. The van der Waals surface area contributed by atoms with E-state index in [1.54, 1.807) is 0 Å². The van der Waals surface area contributed by atoms with Crippen LogP contribution in [-0.4, -0.2) is 34.2 Å². The second-order valence-corrected chi connectivity index (χ2v) is 5.62. The molecule has 0 spiro atoms. The molecule has 0 atom stereocenters. The lowest BCUT2D eigenvalue weighted by atomic mass is 9.96. The SMILES string of the molecule is CCN1C=CCN1Cc1cnc(OC2CCC2)c(C)c1. The van der Waals surface area contributed by atoms with Crippen molar-refractivity contribution in [1.29, 1.82) is 0 Å². The third kappa shape index (κ3) is 2.80. The Kier molecular flexibility index (Phi) is 3.92. The van der Waals surface area contributed by atoms with Crippen molar-refractivity contribution in [3.63, 3.8) is 0 Å². The molecule has 4 heteroatoms. The van der Waals surface area contributed by atoms with E-state index >= 15 is 0 Å². The van der Waals surface area contributed by atoms with Gasteiger partial charge in [0.25, 0.3) is 0 Å². The monoisotopic (exact) mass is 273 g/mol. The topological polar surface area (TPSA) is 28.6 Å². The Hall–Kier alpha value is -1.55. The minimum absolute atomic E-state index is 0.394. The third-order valence-electron chi connectivity index (χ3n) is 4.06. The second kappa shape index (κ2) is 5.83. The van der Waals surface area contributed by atoms with Gasteiger partial charge >= 0.3 is 0 Å². The Labute approximate surface area is 121 Å². The lowest BCUT2D eigenvalue weighted by Gasteiger charge is -2.28. The van der Waals surface area contributed by atoms with Gasteiger partial charge in [-0.3, -0.25) is 0 Å². The van der Waals surface area contributed by atoms with E-state index in [2.05, 4.69) is 47.2 Å². The largest absolute Gasteiger partial charge is 0.474 e. The minimum Gasteiger partial charge on any atom is -0.474 e. The van der Waals surface area contributed by atoms with Gasteiger partial charge in [0.05, 0.1) is 0 Å². The van der Waals surface area contributed by atoms with E-state index in [1.165, 1.54) is 24.8 Å². The first-order valence-corrected chi connectivity index (χ1v) is 7.56. The highest BCUT2D eigenvalue weighted by atomic mass is 16.5. The van der Waals surface area contributed by atoms with Crippen molar-refractivity contribution in [2.24, 2.45) is 0 Å². The molecule has 2 heterocycles. The fourth-order valence-electron chi connectivity index (χ4n) is 2.64. The van der Waals surface area contributed by atoms with Gasteiger partial charge < -0.3 is 9.75 Å². The summed E-state index contributed by atoms with van der Waals surface area (Å²) in [5.74, 6) is 0.811. The average molecular weight is 273 g/mol. The van der Waals surface area contributed by atoms with Gasteiger partial charge in [0.2, 0.25) is 5.88 Å². The summed E-state index contributed by atoms with van der Waals surface area (Å²) in [4.78, 5) is 4.51. The van der Waals surface area contributed by atoms with E-state index in [0.29, 0.717) is 6.10 Å². The summed E-state index contributed by atoms with van der Waals surface area (Å²) in [6.07, 6.45) is 10.3. The number of hydrogen-bond acceptors (Lipinski definition) is 4. The van der Waals surface area contributed by atoms with Crippen molar-refractivity contribution < 1.29 is 4.74 Å². The molecule has 0 amide bonds. The molecule has 4 nitrogen and oxygen atoms in total. The van der Waals surface area contributed by atoms with Crippen LogP contribution in [0.1, 0.15) is 37.3 Å². The van der Waals surface area contributed by atoms with Crippen LogP contribution in [0.15, 0.2) is 24.5 Å². The van der Waals surface area contributed by atoms with Crippen LogP contribution >= 0.6 is 0 Å². The van der Waals surface area contributed by atoms with Crippen molar-refractivity contribution in [2.45, 2.75) is 45.8 Å². The minimum atomic E-state index is 0.394. The molecule has 1 aromatic heterocycles. The van der Waals surface area contributed by atoms with Crippen molar-refractivity contribution in [3.05, 3.63) is 35.7 Å². The van der Waals surface area contributed by atoms with Gasteiger partial charge in [-0.05, 0) is 44.7 Å². The zero-order chi connectivity index (χ0) is 13.9. The first kappa shape index (κ1) is 13.4. The number of aromatic nitrogens is 1. The summed E-state index contributed by atoms with van der Waals surface area (Å²) >= 11 is 0. The first-order valence-electron chi connectivity index (χ1n) is 7.56. The molecule has 0 radical (unpaired) electrons. The van der Waals surface area contributed by atoms with Crippen molar-refractivity contribution in [2.75, 3.05) is 13.1 Å². The first-order chi connectivity index (χ1) is 9.76. The number of hydrazine groups is 1. The van der Waals surface area contributed by atoms with Crippen LogP contribution in [0.2, 0.25) is 0 Å². The van der Waals surface area contributed by atoms with E-state index in [4.69, 9.17) is 4.74 Å². The van der Waals surface area contributed by atoms with Gasteiger partial charge in [0, 0.05) is 37.6 Å². The maximum absolute atomic E-state index is 5.90. The molecule has 2 aliphatic rings. The quantitative estimate of drug-likeness (QED) is 0.825. The van der Waals surface area contributed by atoms with Crippen LogP contribution < -0.4 is 4.74 Å². The number of nitrogens with zero attached hydrogens (tertiary/aromatic N) is 3. The number of aryl methyl sites for hydroxylation is 1. The summed E-state index contributed by atoms with van der Waals surface area (Å²) in [6.45, 7) is 7.14. The number of rotatable bonds is 5. The van der Waals surface area contributed by atoms with E-state index in [-0.39, 0.29) is 0 Å². The average Bonchev–Trinajstić information content (AvgIpc) is 2.83. The summed E-state index contributed by atoms with van der Waals surface area (Å²) in [7, 11) is 0. The zero-order valence-corrected chi connectivity index (χ0v) is 12.4. The van der Waals surface area contributed by atoms with Crippen LogP contribution in [-0.2, 0) is 6.54 Å². The molecule has 0 unspecified atom stereocenters. The Balaban J connectivity index is 1.64. The van der Waals surface area contributed by atoms with Crippen LogP contribution in [0.3, 0.4) is 0 Å². The third-order valence-corrected chi connectivity index (χ3v) is 4.06. The molecule has 0 saturated heterocycles. The van der Waals surface area contributed by atoms with Crippen molar-refractivity contribution in [3.8, 4) is 5.88 Å². The molecular formula is C16H23N3O. The summed E-state index contributed by atoms with van der Waals surface area (Å²) in [6, 6.07) is 2.20. The van der Waals surface area contributed by atoms with E-state index in [9.17, 15) is 0 Å². The highest BCUT2D eigenvalue weighted by Crippen LogP contribution is 2.26. The summed E-state index contributed by atoms with van der Waals surface area (Å²) < 4.78 is 5.90. The van der Waals surface area contributed by atoms with Gasteiger partial charge in [-0.2, -0.15) is 0 Å². The predicted molar refractivity (Wildman–Crippen MR) is 79.2 cm³/mol. The van der Waals surface area contributed by atoms with Crippen molar-refractivity contribution in [1.82, 2.24) is 15.0 Å². The maximum atomic E-state index is 5.90. The molecule has 0 aromatic carbocycles. The Morgan fingerprint density at radius 2 is 2.25 bits per heavy atom. The summed E-state index contributed by atoms with van der Waals surface area (Å²) in [5.41, 5.74) is 2.38. The predicted octanol–water partition coefficient (Wildman–Crippen LogP) is 2.89. The molecule has 1 fully saturated rings. The van der Waals surface area contributed by atoms with Gasteiger partial charge in [-0.15, -0.1) is 0 Å².